The standard InChI is InChI=1S/C19H22N8/c1-13-6-14(2)27(24-13)18-7-17(22-12-23-18)25-8-15-10-26(11-16(15)9-25)19-20-4-3-5-21-19/h3-7,12,15-16H,8-11H2,1-2H3. The zero-order chi connectivity index (χ0) is 18.4. The zero-order valence-corrected chi connectivity index (χ0v) is 15.5. The van der Waals surface area contributed by atoms with Gasteiger partial charge in [-0.2, -0.15) is 5.10 Å². The molecule has 0 aliphatic carbocycles. The number of fused-ring (bicyclic) bond motifs is 1. The van der Waals surface area contributed by atoms with Crippen LogP contribution in [0.15, 0.2) is 36.9 Å². The van der Waals surface area contributed by atoms with E-state index in [0.29, 0.717) is 11.8 Å². The summed E-state index contributed by atoms with van der Waals surface area (Å²) in [6.45, 7) is 8.04. The van der Waals surface area contributed by atoms with Crippen LogP contribution in [-0.2, 0) is 0 Å². The van der Waals surface area contributed by atoms with Gasteiger partial charge in [-0.15, -0.1) is 0 Å². The van der Waals surface area contributed by atoms with Gasteiger partial charge in [0.1, 0.15) is 12.1 Å². The zero-order valence-electron chi connectivity index (χ0n) is 15.5. The fourth-order valence-corrected chi connectivity index (χ4v) is 4.28. The summed E-state index contributed by atoms with van der Waals surface area (Å²) in [5.41, 5.74) is 2.07. The summed E-state index contributed by atoms with van der Waals surface area (Å²) >= 11 is 0. The van der Waals surface area contributed by atoms with E-state index < -0.39 is 0 Å². The first-order valence-corrected chi connectivity index (χ1v) is 9.30. The Morgan fingerprint density at radius 1 is 0.815 bits per heavy atom. The van der Waals surface area contributed by atoms with E-state index in [9.17, 15) is 0 Å². The molecule has 2 saturated heterocycles. The lowest BCUT2D eigenvalue weighted by Gasteiger charge is -2.22. The summed E-state index contributed by atoms with van der Waals surface area (Å²) in [5.74, 6) is 3.86. The van der Waals surface area contributed by atoms with Crippen molar-refractivity contribution in [1.82, 2.24) is 29.7 Å². The number of rotatable bonds is 3. The van der Waals surface area contributed by atoms with E-state index in [0.717, 1.165) is 55.2 Å². The third-order valence-corrected chi connectivity index (χ3v) is 5.51. The van der Waals surface area contributed by atoms with Crippen molar-refractivity contribution < 1.29 is 0 Å². The van der Waals surface area contributed by atoms with Gasteiger partial charge in [-0.25, -0.2) is 24.6 Å². The quantitative estimate of drug-likeness (QED) is 0.701. The average Bonchev–Trinajstić information content (AvgIpc) is 3.35. The van der Waals surface area contributed by atoms with E-state index in [1.54, 1.807) is 6.33 Å². The van der Waals surface area contributed by atoms with E-state index in [4.69, 9.17) is 0 Å². The lowest BCUT2D eigenvalue weighted by atomic mass is 10.0. The SMILES string of the molecule is Cc1cc(C)n(-c2cc(N3CC4CN(c5ncccn5)CC4C3)ncn2)n1. The molecule has 8 nitrogen and oxygen atoms in total. The molecule has 2 fully saturated rings. The van der Waals surface area contributed by atoms with Crippen LogP contribution in [0.5, 0.6) is 0 Å². The van der Waals surface area contributed by atoms with E-state index in [1.807, 2.05) is 43.1 Å². The molecule has 2 aliphatic rings. The fourth-order valence-electron chi connectivity index (χ4n) is 4.28. The van der Waals surface area contributed by atoms with Gasteiger partial charge in [0.05, 0.1) is 5.69 Å². The Bertz CT molecular complexity index is 939. The highest BCUT2D eigenvalue weighted by molar-refractivity contribution is 5.46. The summed E-state index contributed by atoms with van der Waals surface area (Å²) in [6.07, 6.45) is 5.26. The first kappa shape index (κ1) is 16.2. The monoisotopic (exact) mass is 362 g/mol. The number of anilines is 2. The van der Waals surface area contributed by atoms with E-state index in [2.05, 4.69) is 40.9 Å². The maximum Gasteiger partial charge on any atom is 0.225 e. The van der Waals surface area contributed by atoms with E-state index in [-0.39, 0.29) is 0 Å². The molecule has 0 bridgehead atoms. The smallest absolute Gasteiger partial charge is 0.225 e. The summed E-state index contributed by atoms with van der Waals surface area (Å²) < 4.78 is 1.88. The van der Waals surface area contributed by atoms with E-state index in [1.165, 1.54) is 0 Å². The predicted octanol–water partition coefficient (Wildman–Crippen LogP) is 1.64. The highest BCUT2D eigenvalue weighted by Gasteiger charge is 2.41. The predicted molar refractivity (Wildman–Crippen MR) is 102 cm³/mol. The Morgan fingerprint density at radius 3 is 2.15 bits per heavy atom. The number of hydrogen-bond acceptors (Lipinski definition) is 7. The van der Waals surface area contributed by atoms with Gasteiger partial charge in [0.2, 0.25) is 5.95 Å². The summed E-state index contributed by atoms with van der Waals surface area (Å²) in [4.78, 5) is 22.4. The van der Waals surface area contributed by atoms with Gasteiger partial charge in [0.25, 0.3) is 0 Å². The van der Waals surface area contributed by atoms with Crippen molar-refractivity contribution in [3.05, 3.63) is 48.3 Å². The third-order valence-electron chi connectivity index (χ3n) is 5.51. The molecule has 8 heteroatoms. The van der Waals surface area contributed by atoms with Gasteiger partial charge in [0, 0.05) is 62.2 Å². The normalized spacial score (nSPS) is 21.7. The Balaban J connectivity index is 1.32. The minimum absolute atomic E-state index is 0.612. The summed E-state index contributed by atoms with van der Waals surface area (Å²) in [6, 6.07) is 5.96. The molecule has 0 spiro atoms. The van der Waals surface area contributed by atoms with Crippen LogP contribution in [0.2, 0.25) is 0 Å². The molecule has 0 saturated carbocycles. The molecule has 5 heterocycles. The number of aryl methyl sites for hydroxylation is 2. The minimum Gasteiger partial charge on any atom is -0.356 e. The molecule has 5 rings (SSSR count). The highest BCUT2D eigenvalue weighted by atomic mass is 15.3. The molecular formula is C19H22N8. The molecule has 3 aromatic rings. The second-order valence-electron chi connectivity index (χ2n) is 7.45. The van der Waals surface area contributed by atoms with Crippen molar-refractivity contribution in [2.45, 2.75) is 13.8 Å². The second kappa shape index (κ2) is 6.29. The third kappa shape index (κ3) is 2.90. The van der Waals surface area contributed by atoms with Crippen LogP contribution in [-0.4, -0.2) is 55.9 Å². The minimum atomic E-state index is 0.612. The Labute approximate surface area is 157 Å². The van der Waals surface area contributed by atoms with Crippen LogP contribution in [0.25, 0.3) is 5.82 Å². The van der Waals surface area contributed by atoms with Gasteiger partial charge in [0.15, 0.2) is 5.82 Å². The van der Waals surface area contributed by atoms with Crippen molar-refractivity contribution in [3.63, 3.8) is 0 Å². The molecule has 2 unspecified atom stereocenters. The number of nitrogens with zero attached hydrogens (tertiary/aromatic N) is 8. The largest absolute Gasteiger partial charge is 0.356 e. The molecule has 27 heavy (non-hydrogen) atoms. The maximum absolute atomic E-state index is 4.54. The number of aromatic nitrogens is 6. The molecule has 0 amide bonds. The molecule has 2 aliphatic heterocycles. The van der Waals surface area contributed by atoms with E-state index >= 15 is 0 Å². The molecule has 0 aromatic carbocycles. The molecule has 138 valence electrons. The Hall–Kier alpha value is -3.03. The molecule has 2 atom stereocenters. The summed E-state index contributed by atoms with van der Waals surface area (Å²) in [7, 11) is 0. The topological polar surface area (TPSA) is 75.9 Å². The van der Waals surface area contributed by atoms with Crippen molar-refractivity contribution in [1.29, 1.82) is 0 Å². The lowest BCUT2D eigenvalue weighted by Crippen LogP contribution is -2.30. The van der Waals surface area contributed by atoms with Crippen LogP contribution < -0.4 is 9.80 Å². The van der Waals surface area contributed by atoms with Crippen LogP contribution >= 0.6 is 0 Å². The van der Waals surface area contributed by atoms with Crippen LogP contribution in [0.1, 0.15) is 11.4 Å². The molecule has 0 radical (unpaired) electrons. The van der Waals surface area contributed by atoms with Crippen molar-refractivity contribution >= 4 is 11.8 Å². The molecule has 3 aromatic heterocycles. The van der Waals surface area contributed by atoms with Crippen molar-refractivity contribution in [2.24, 2.45) is 11.8 Å². The van der Waals surface area contributed by atoms with Gasteiger partial charge < -0.3 is 9.80 Å². The van der Waals surface area contributed by atoms with Gasteiger partial charge >= 0.3 is 0 Å². The average molecular weight is 362 g/mol. The fraction of sp³-hybridized carbons (Fsp3) is 0.421. The van der Waals surface area contributed by atoms with Crippen LogP contribution in [0, 0.1) is 25.7 Å². The number of hydrogen-bond donors (Lipinski definition) is 0. The second-order valence-corrected chi connectivity index (χ2v) is 7.45. The van der Waals surface area contributed by atoms with Crippen LogP contribution in [0.4, 0.5) is 11.8 Å². The molecule has 0 N–H and O–H groups in total. The van der Waals surface area contributed by atoms with Crippen molar-refractivity contribution in [2.75, 3.05) is 36.0 Å². The first-order valence-electron chi connectivity index (χ1n) is 9.30. The highest BCUT2D eigenvalue weighted by Crippen LogP contribution is 2.34. The Kier molecular flexibility index (Phi) is 3.77. The maximum atomic E-state index is 4.54. The Morgan fingerprint density at radius 2 is 1.48 bits per heavy atom. The van der Waals surface area contributed by atoms with Gasteiger partial charge in [-0.1, -0.05) is 0 Å². The van der Waals surface area contributed by atoms with Crippen molar-refractivity contribution in [3.8, 4) is 5.82 Å². The van der Waals surface area contributed by atoms with Gasteiger partial charge in [-0.3, -0.25) is 0 Å². The lowest BCUT2D eigenvalue weighted by molar-refractivity contribution is 0.533. The summed E-state index contributed by atoms with van der Waals surface area (Å²) in [5, 5.41) is 4.54. The van der Waals surface area contributed by atoms with Crippen LogP contribution in [0.3, 0.4) is 0 Å². The molecular weight excluding hydrogens is 340 g/mol. The van der Waals surface area contributed by atoms with Gasteiger partial charge in [-0.05, 0) is 26.0 Å². The first-order chi connectivity index (χ1) is 13.2.